The van der Waals surface area contributed by atoms with Crippen molar-refractivity contribution in [1.29, 1.82) is 0 Å². The fourth-order valence-electron chi connectivity index (χ4n) is 4.10. The number of benzene rings is 2. The number of piperidine rings is 1. The van der Waals surface area contributed by atoms with E-state index in [0.29, 0.717) is 0 Å². The van der Waals surface area contributed by atoms with Gasteiger partial charge in [-0.2, -0.15) is 0 Å². The lowest BCUT2D eigenvalue weighted by Crippen LogP contribution is -2.35. The molecule has 2 nitrogen and oxygen atoms in total. The Morgan fingerprint density at radius 2 is 1.70 bits per heavy atom. The first-order valence-electron chi connectivity index (χ1n) is 10.0. The summed E-state index contributed by atoms with van der Waals surface area (Å²) >= 11 is 1.87. The molecule has 1 aromatic heterocycles. The highest BCUT2D eigenvalue weighted by Crippen LogP contribution is 2.42. The number of rotatable bonds is 5. The molecule has 0 aliphatic carbocycles. The van der Waals surface area contributed by atoms with E-state index in [1.165, 1.54) is 40.5 Å². The Balaban J connectivity index is 1.93. The van der Waals surface area contributed by atoms with Crippen molar-refractivity contribution in [3.05, 3.63) is 64.4 Å². The molecule has 0 bridgehead atoms. The van der Waals surface area contributed by atoms with Crippen LogP contribution in [0.25, 0.3) is 10.8 Å². The van der Waals surface area contributed by atoms with Gasteiger partial charge < -0.3 is 4.43 Å². The molecular formula is C23H29NOSSi. The van der Waals surface area contributed by atoms with Crippen molar-refractivity contribution < 1.29 is 4.43 Å². The second-order valence-electron chi connectivity index (χ2n) is 8.43. The lowest BCUT2D eigenvalue weighted by Gasteiger charge is -2.36. The summed E-state index contributed by atoms with van der Waals surface area (Å²) in [6.45, 7) is 9.14. The van der Waals surface area contributed by atoms with E-state index < -0.39 is 8.32 Å². The second-order valence-corrected chi connectivity index (χ2v) is 13.8. The summed E-state index contributed by atoms with van der Waals surface area (Å²) in [6.07, 6.45) is 3.93. The van der Waals surface area contributed by atoms with Crippen LogP contribution in [0, 0.1) is 0 Å². The van der Waals surface area contributed by atoms with Crippen molar-refractivity contribution in [2.45, 2.75) is 44.9 Å². The van der Waals surface area contributed by atoms with Gasteiger partial charge in [-0.05, 0) is 73.9 Å². The Morgan fingerprint density at radius 3 is 2.41 bits per heavy atom. The lowest BCUT2D eigenvalue weighted by molar-refractivity contribution is 0.189. The molecule has 1 aliphatic heterocycles. The number of thiophene rings is 1. The summed E-state index contributed by atoms with van der Waals surface area (Å²) in [4.78, 5) is 4.10. The molecule has 4 heteroatoms. The molecule has 0 saturated carbocycles. The largest absolute Gasteiger partial charge is 0.544 e. The fraction of sp³-hybridized carbons (Fsp3) is 0.391. The fourth-order valence-corrected chi connectivity index (χ4v) is 5.81. The van der Waals surface area contributed by atoms with Crippen molar-refractivity contribution >= 4 is 30.4 Å². The van der Waals surface area contributed by atoms with E-state index in [1.54, 1.807) is 0 Å². The predicted octanol–water partition coefficient (Wildman–Crippen LogP) is 6.69. The van der Waals surface area contributed by atoms with Gasteiger partial charge in [-0.3, -0.25) is 4.90 Å². The highest BCUT2D eigenvalue weighted by Gasteiger charge is 2.30. The standard InChI is InChI=1S/C23H29NOSSi/c1-27(2,3)25-20-14-13-18-10-5-6-11-19(18)22(20)23(21-12-9-17-26-21)24-15-7-4-8-16-24/h5-6,9-14,17,23H,4,7-8,15-16H2,1-3H3. The van der Waals surface area contributed by atoms with Crippen LogP contribution in [0.2, 0.25) is 19.6 Å². The average molecular weight is 396 g/mol. The number of likely N-dealkylation sites (tertiary alicyclic amines) is 1. The zero-order chi connectivity index (χ0) is 18.9. The van der Waals surface area contributed by atoms with Gasteiger partial charge in [0.15, 0.2) is 0 Å². The van der Waals surface area contributed by atoms with Gasteiger partial charge in [0.05, 0.1) is 6.04 Å². The van der Waals surface area contributed by atoms with Crippen LogP contribution in [0.15, 0.2) is 53.9 Å². The zero-order valence-corrected chi connectivity index (χ0v) is 18.4. The second kappa shape index (κ2) is 7.78. The highest BCUT2D eigenvalue weighted by molar-refractivity contribution is 7.10. The summed E-state index contributed by atoms with van der Waals surface area (Å²) < 4.78 is 6.63. The number of nitrogens with zero attached hydrogens (tertiary/aromatic N) is 1. The molecule has 27 heavy (non-hydrogen) atoms. The first-order valence-corrected chi connectivity index (χ1v) is 14.3. The quantitative estimate of drug-likeness (QED) is 0.446. The third-order valence-corrected chi connectivity index (χ3v) is 6.95. The Bertz CT molecular complexity index is 894. The van der Waals surface area contributed by atoms with Crippen LogP contribution >= 0.6 is 11.3 Å². The molecule has 0 radical (unpaired) electrons. The molecule has 142 valence electrons. The average Bonchev–Trinajstić information content (AvgIpc) is 3.17. The van der Waals surface area contributed by atoms with E-state index in [4.69, 9.17) is 4.43 Å². The van der Waals surface area contributed by atoms with Crippen LogP contribution in [0.3, 0.4) is 0 Å². The van der Waals surface area contributed by atoms with Crippen molar-refractivity contribution in [1.82, 2.24) is 4.90 Å². The third-order valence-electron chi connectivity index (χ3n) is 5.19. The molecule has 2 aromatic carbocycles. The summed E-state index contributed by atoms with van der Waals surface area (Å²) in [5.74, 6) is 1.08. The molecule has 0 amide bonds. The van der Waals surface area contributed by atoms with Gasteiger partial charge in [0, 0.05) is 10.4 Å². The number of hydrogen-bond donors (Lipinski definition) is 0. The first-order chi connectivity index (χ1) is 13.0. The number of hydrogen-bond acceptors (Lipinski definition) is 3. The van der Waals surface area contributed by atoms with E-state index in [-0.39, 0.29) is 6.04 Å². The molecule has 0 N–H and O–H groups in total. The van der Waals surface area contributed by atoms with Crippen LogP contribution < -0.4 is 4.43 Å². The van der Waals surface area contributed by atoms with E-state index in [1.807, 2.05) is 11.3 Å². The summed E-state index contributed by atoms with van der Waals surface area (Å²) in [5, 5.41) is 4.84. The van der Waals surface area contributed by atoms with Gasteiger partial charge in [0.2, 0.25) is 8.32 Å². The van der Waals surface area contributed by atoms with Gasteiger partial charge in [0.25, 0.3) is 0 Å². The SMILES string of the molecule is C[Si](C)(C)Oc1ccc2ccccc2c1C(c1cccs1)N1CCCCC1. The maximum absolute atomic E-state index is 6.63. The monoisotopic (exact) mass is 395 g/mol. The summed E-state index contributed by atoms with van der Waals surface area (Å²) in [5.41, 5.74) is 1.36. The third kappa shape index (κ3) is 4.13. The van der Waals surface area contributed by atoms with Crippen molar-refractivity contribution in [3.8, 4) is 5.75 Å². The predicted molar refractivity (Wildman–Crippen MR) is 120 cm³/mol. The highest BCUT2D eigenvalue weighted by atomic mass is 32.1. The van der Waals surface area contributed by atoms with Crippen LogP contribution in [-0.2, 0) is 0 Å². The minimum atomic E-state index is -1.71. The van der Waals surface area contributed by atoms with Gasteiger partial charge >= 0.3 is 0 Å². The van der Waals surface area contributed by atoms with E-state index in [0.717, 1.165) is 18.8 Å². The Labute approximate surface area is 167 Å². The topological polar surface area (TPSA) is 12.5 Å². The molecule has 4 rings (SSSR count). The zero-order valence-electron chi connectivity index (χ0n) is 16.6. The number of fused-ring (bicyclic) bond motifs is 1. The van der Waals surface area contributed by atoms with Crippen LogP contribution in [0.1, 0.15) is 35.7 Å². The molecule has 3 aromatic rings. The lowest BCUT2D eigenvalue weighted by atomic mass is 9.94. The maximum atomic E-state index is 6.63. The van der Waals surface area contributed by atoms with Gasteiger partial charge in [-0.25, -0.2) is 0 Å². The molecule has 1 fully saturated rings. The first kappa shape index (κ1) is 18.7. The van der Waals surface area contributed by atoms with Crippen LogP contribution in [0.5, 0.6) is 5.75 Å². The molecule has 1 saturated heterocycles. The van der Waals surface area contributed by atoms with Gasteiger partial charge in [-0.1, -0.05) is 42.8 Å². The van der Waals surface area contributed by atoms with E-state index >= 15 is 0 Å². The van der Waals surface area contributed by atoms with Crippen molar-refractivity contribution in [3.63, 3.8) is 0 Å². The van der Waals surface area contributed by atoms with Gasteiger partial charge in [0.1, 0.15) is 5.75 Å². The molecule has 1 unspecified atom stereocenters. The Hall–Kier alpha value is -1.62. The molecule has 0 spiro atoms. The smallest absolute Gasteiger partial charge is 0.242 e. The van der Waals surface area contributed by atoms with Gasteiger partial charge in [-0.15, -0.1) is 11.3 Å². The summed E-state index contributed by atoms with van der Waals surface area (Å²) in [6, 6.07) is 18.0. The van der Waals surface area contributed by atoms with Crippen molar-refractivity contribution in [2.24, 2.45) is 0 Å². The molecule has 1 atom stereocenters. The van der Waals surface area contributed by atoms with E-state index in [9.17, 15) is 0 Å². The Morgan fingerprint density at radius 1 is 0.926 bits per heavy atom. The Kier molecular flexibility index (Phi) is 5.40. The minimum absolute atomic E-state index is 0.280. The van der Waals surface area contributed by atoms with Crippen molar-refractivity contribution in [2.75, 3.05) is 13.1 Å². The molecule has 1 aliphatic rings. The van der Waals surface area contributed by atoms with Crippen LogP contribution in [-0.4, -0.2) is 26.3 Å². The maximum Gasteiger partial charge on any atom is 0.242 e. The van der Waals surface area contributed by atoms with E-state index in [2.05, 4.69) is 78.5 Å². The molecular weight excluding hydrogens is 366 g/mol. The summed E-state index contributed by atoms with van der Waals surface area (Å²) in [7, 11) is -1.71. The minimum Gasteiger partial charge on any atom is -0.544 e. The molecule has 2 heterocycles. The van der Waals surface area contributed by atoms with Crippen LogP contribution in [0.4, 0.5) is 0 Å². The normalized spacial score (nSPS) is 17.1.